The number of hydrogen-bond donors (Lipinski definition) is 2. The number of rotatable bonds is 16. The molecule has 0 spiro atoms. The Kier molecular flexibility index (Phi) is 12.2. The Labute approximate surface area is 216 Å². The number of unbranched alkanes of at least 4 members (excludes halogenated alkanes) is 2. The third-order valence-electron chi connectivity index (χ3n) is 4.92. The van der Waals surface area contributed by atoms with Gasteiger partial charge in [0.2, 0.25) is 6.79 Å². The number of carbonyl (C=O) groups excluding carboxylic acids is 2. The number of nitrogen functional groups attached to an aromatic ring is 1. The van der Waals surface area contributed by atoms with Gasteiger partial charge in [0.05, 0.1) is 31.7 Å². The second-order valence-electron chi connectivity index (χ2n) is 8.64. The van der Waals surface area contributed by atoms with Crippen LogP contribution in [0.4, 0.5) is 10.6 Å². The summed E-state index contributed by atoms with van der Waals surface area (Å²) in [7, 11) is -3.84. The van der Waals surface area contributed by atoms with Crippen LogP contribution < -0.4 is 10.8 Å². The van der Waals surface area contributed by atoms with Crippen LogP contribution in [0.3, 0.4) is 0 Å². The van der Waals surface area contributed by atoms with Crippen molar-refractivity contribution in [3.05, 3.63) is 12.7 Å². The maximum atomic E-state index is 13.5. The van der Waals surface area contributed by atoms with E-state index in [0.29, 0.717) is 17.7 Å². The number of nitrogens with one attached hydrogen (secondary N) is 1. The number of carbonyl (C=O) groups is 2. The molecule has 0 aliphatic rings. The number of anilines is 1. The van der Waals surface area contributed by atoms with Gasteiger partial charge in [0.1, 0.15) is 24.2 Å². The molecule has 0 fully saturated rings. The lowest BCUT2D eigenvalue weighted by Gasteiger charge is -2.24. The van der Waals surface area contributed by atoms with Crippen LogP contribution in [0.15, 0.2) is 12.7 Å². The molecule has 208 valence electrons. The summed E-state index contributed by atoms with van der Waals surface area (Å²) in [5, 5.41) is 2.65. The predicted octanol–water partition coefficient (Wildman–Crippen LogP) is 3.21. The van der Waals surface area contributed by atoms with Crippen LogP contribution >= 0.6 is 7.52 Å². The highest BCUT2D eigenvalue weighted by Crippen LogP contribution is 2.43. The second-order valence-corrected chi connectivity index (χ2v) is 10.8. The summed E-state index contributed by atoms with van der Waals surface area (Å²) in [5.74, 6) is -0.332. The molecule has 3 atom stereocenters. The topological polar surface area (TPSA) is 179 Å². The largest absolute Gasteiger partial charge is 0.510 e. The second kappa shape index (κ2) is 14.8. The van der Waals surface area contributed by atoms with Gasteiger partial charge in [-0.3, -0.25) is 13.9 Å². The average molecular weight is 545 g/mol. The van der Waals surface area contributed by atoms with Crippen molar-refractivity contribution >= 4 is 36.6 Å². The van der Waals surface area contributed by atoms with Gasteiger partial charge in [0, 0.05) is 0 Å². The molecule has 1 unspecified atom stereocenters. The molecule has 2 aromatic heterocycles. The lowest BCUT2D eigenvalue weighted by Crippen LogP contribution is -2.35. The maximum absolute atomic E-state index is 13.5. The Balaban J connectivity index is 2.00. The third-order valence-corrected chi connectivity index (χ3v) is 6.71. The lowest BCUT2D eigenvalue weighted by atomic mass is 10.3. The number of imidazole rings is 1. The number of ether oxygens (including phenoxy) is 4. The van der Waals surface area contributed by atoms with Gasteiger partial charge in [-0.1, -0.05) is 19.8 Å². The molecule has 0 aliphatic heterocycles. The van der Waals surface area contributed by atoms with E-state index >= 15 is 0 Å². The molecule has 0 aromatic carbocycles. The zero-order chi connectivity index (χ0) is 27.4. The molecular formula is C22H37N6O8P. The quantitative estimate of drug-likeness (QED) is 0.136. The first-order valence-corrected chi connectivity index (χ1v) is 13.9. The Hall–Kier alpha value is -2.80. The molecule has 15 heteroatoms. The fourth-order valence-electron chi connectivity index (χ4n) is 3.08. The highest BCUT2D eigenvalue weighted by atomic mass is 31.2. The van der Waals surface area contributed by atoms with Gasteiger partial charge in [0.25, 0.3) is 7.52 Å². The van der Waals surface area contributed by atoms with Crippen molar-refractivity contribution in [1.29, 1.82) is 0 Å². The normalized spacial score (nSPS) is 14.8. The van der Waals surface area contributed by atoms with E-state index in [9.17, 15) is 14.2 Å². The lowest BCUT2D eigenvalue weighted by molar-refractivity contribution is -0.145. The van der Waals surface area contributed by atoms with Gasteiger partial charge in [-0.15, -0.1) is 0 Å². The Morgan fingerprint density at radius 1 is 1.14 bits per heavy atom. The minimum atomic E-state index is -3.84. The predicted molar refractivity (Wildman–Crippen MR) is 134 cm³/mol. The number of esters is 1. The Morgan fingerprint density at radius 3 is 2.59 bits per heavy atom. The molecule has 0 amide bonds. The number of fused-ring (bicyclic) bond motifs is 1. The number of nitrogens with zero attached hydrogens (tertiary/aromatic N) is 4. The van der Waals surface area contributed by atoms with Crippen molar-refractivity contribution in [3.63, 3.8) is 0 Å². The maximum Gasteiger partial charge on any atom is 0.510 e. The summed E-state index contributed by atoms with van der Waals surface area (Å²) in [6.07, 6.45) is 3.25. The summed E-state index contributed by atoms with van der Waals surface area (Å²) in [5.41, 5.74) is 6.81. The van der Waals surface area contributed by atoms with Crippen molar-refractivity contribution in [2.45, 2.75) is 78.7 Å². The smallest absolute Gasteiger partial charge is 0.465 e. The molecule has 0 saturated heterocycles. The van der Waals surface area contributed by atoms with Crippen molar-refractivity contribution in [2.24, 2.45) is 0 Å². The number of nitrogens with two attached hydrogens (primary N) is 1. The molecule has 14 nitrogen and oxygen atoms in total. The van der Waals surface area contributed by atoms with E-state index in [-0.39, 0.29) is 12.4 Å². The summed E-state index contributed by atoms with van der Waals surface area (Å²) in [6.45, 7) is 8.49. The van der Waals surface area contributed by atoms with E-state index in [0.717, 1.165) is 19.3 Å². The molecule has 2 rings (SSSR count). The summed E-state index contributed by atoms with van der Waals surface area (Å²) >= 11 is 0. The van der Waals surface area contributed by atoms with Gasteiger partial charge in [-0.05, 0) is 34.1 Å². The van der Waals surface area contributed by atoms with E-state index in [1.165, 1.54) is 13.3 Å². The molecule has 0 radical (unpaired) electrons. The highest BCUT2D eigenvalue weighted by Gasteiger charge is 2.31. The van der Waals surface area contributed by atoms with Gasteiger partial charge < -0.3 is 29.2 Å². The van der Waals surface area contributed by atoms with E-state index in [1.807, 2.05) is 6.92 Å². The van der Waals surface area contributed by atoms with Crippen molar-refractivity contribution < 1.29 is 37.6 Å². The van der Waals surface area contributed by atoms with Crippen LogP contribution in [-0.4, -0.2) is 69.6 Å². The van der Waals surface area contributed by atoms with Gasteiger partial charge in [0.15, 0.2) is 11.5 Å². The first-order valence-electron chi connectivity index (χ1n) is 12.1. The zero-order valence-electron chi connectivity index (χ0n) is 21.9. The van der Waals surface area contributed by atoms with Crippen LogP contribution in [-0.2, 0) is 39.4 Å². The van der Waals surface area contributed by atoms with Crippen LogP contribution in [0.5, 0.6) is 0 Å². The average Bonchev–Trinajstić information content (AvgIpc) is 3.24. The van der Waals surface area contributed by atoms with Crippen molar-refractivity contribution in [1.82, 2.24) is 24.6 Å². The molecule has 2 aromatic rings. The summed E-state index contributed by atoms with van der Waals surface area (Å²) in [6, 6.07) is -0.966. The van der Waals surface area contributed by atoms with Gasteiger partial charge in [-0.2, -0.15) is 0 Å². The monoisotopic (exact) mass is 544 g/mol. The molecule has 0 aliphatic carbocycles. The van der Waals surface area contributed by atoms with E-state index < -0.39 is 51.0 Å². The van der Waals surface area contributed by atoms with Crippen LogP contribution in [0.25, 0.3) is 11.2 Å². The van der Waals surface area contributed by atoms with Crippen molar-refractivity contribution in [2.75, 3.05) is 25.5 Å². The SMILES string of the molecule is CCCCCOC(=O)[C@H](C)NP(=O)(CO[C@H](C)Cn1cnc2c(N)ncnc21)OCOC(=O)OC(C)C. The van der Waals surface area contributed by atoms with E-state index in [2.05, 4.69) is 20.0 Å². The minimum Gasteiger partial charge on any atom is -0.465 e. The van der Waals surface area contributed by atoms with Crippen molar-refractivity contribution in [3.8, 4) is 0 Å². The minimum absolute atomic E-state index is 0.256. The van der Waals surface area contributed by atoms with Crippen LogP contribution in [0.2, 0.25) is 0 Å². The number of aromatic nitrogens is 4. The summed E-state index contributed by atoms with van der Waals surface area (Å²) < 4.78 is 41.3. The van der Waals surface area contributed by atoms with Gasteiger partial charge >= 0.3 is 12.1 Å². The van der Waals surface area contributed by atoms with E-state index in [4.69, 9.17) is 29.2 Å². The fraction of sp³-hybridized carbons (Fsp3) is 0.682. The number of hydrogen-bond acceptors (Lipinski definition) is 12. The molecular weight excluding hydrogens is 507 g/mol. The zero-order valence-corrected chi connectivity index (χ0v) is 22.8. The molecule has 37 heavy (non-hydrogen) atoms. The Bertz CT molecular complexity index is 1060. The van der Waals surface area contributed by atoms with Crippen LogP contribution in [0.1, 0.15) is 53.9 Å². The molecule has 0 bridgehead atoms. The molecule has 3 N–H and O–H groups in total. The Morgan fingerprint density at radius 2 is 1.89 bits per heavy atom. The highest BCUT2D eigenvalue weighted by molar-refractivity contribution is 7.56. The third kappa shape index (κ3) is 10.2. The molecule has 0 saturated carbocycles. The standard InChI is InChI=1S/C22H37N6O8P/c1-6-7-8-9-32-21(29)17(5)27-37(31,35-13-33-22(30)36-15(2)3)14-34-16(4)10-28-12-26-18-19(23)24-11-25-20(18)28/h11-12,15-17H,6-10,13-14H2,1-5H3,(H,27,31)(H2,23,24,25)/t16-,17+,37?/m1/s1. The van der Waals surface area contributed by atoms with E-state index in [1.54, 1.807) is 31.7 Å². The van der Waals surface area contributed by atoms with Crippen LogP contribution in [0, 0.1) is 0 Å². The fourth-order valence-corrected chi connectivity index (χ4v) is 4.68. The summed E-state index contributed by atoms with van der Waals surface area (Å²) in [4.78, 5) is 36.3. The van der Waals surface area contributed by atoms with Gasteiger partial charge in [-0.25, -0.2) is 24.8 Å². The first-order chi connectivity index (χ1) is 17.5. The first kappa shape index (κ1) is 30.4. The molecule has 2 heterocycles.